The van der Waals surface area contributed by atoms with Gasteiger partial charge in [-0.2, -0.15) is 4.57 Å². The van der Waals surface area contributed by atoms with Crippen molar-refractivity contribution in [2.45, 2.75) is 127 Å². The van der Waals surface area contributed by atoms with Gasteiger partial charge in [0.1, 0.15) is 13.7 Å². The van der Waals surface area contributed by atoms with Gasteiger partial charge in [0.05, 0.1) is 0 Å². The maximum absolute atomic E-state index is 13.5. The Bertz CT molecular complexity index is 2330. The second-order valence-electron chi connectivity index (χ2n) is 16.4. The van der Waals surface area contributed by atoms with E-state index in [4.69, 9.17) is 4.74 Å². The summed E-state index contributed by atoms with van der Waals surface area (Å²) in [5, 5.41) is 0. The molecule has 0 saturated heterocycles. The minimum absolute atomic E-state index is 0.229. The normalized spacial score (nSPS) is 14.2. The van der Waals surface area contributed by atoms with E-state index in [2.05, 4.69) is 126 Å². The number of allylic oxidation sites excluding steroid dienone is 4. The van der Waals surface area contributed by atoms with Gasteiger partial charge in [-0.1, -0.05) is 66.6 Å². The van der Waals surface area contributed by atoms with Crippen LogP contribution in [0.1, 0.15) is 120 Å². The molecular formula is C51H60N2O3+2. The molecule has 2 aromatic carbocycles. The number of hydrogen-bond donors (Lipinski definition) is 0. The van der Waals surface area contributed by atoms with Crippen LogP contribution < -0.4 is 9.13 Å². The molecule has 5 heteroatoms. The Balaban J connectivity index is 1.02. The standard InChI is InChI=1S/C51H60N2O3/c1-11-40-12-18-43(19-13-40)31-56-51(55)49-28-45(23-33(49)3)26-44-22-32(2)48(27-44)50(54)21-20-41-14-16-42(17-15-41)30-53-35(5)25-47(37(7)39(53)9)29-46-24-34(4)52(10)38(8)36(46)6/h12-19,24-25H,11,20-23,27-31H2,1-10H3/q+2. The largest absolute Gasteiger partial charge is 0.457 e. The third kappa shape index (κ3) is 9.11. The number of nitrogens with zero attached hydrogens (tertiary/aromatic N) is 2. The average Bonchev–Trinajstić information content (AvgIpc) is 3.75. The van der Waals surface area contributed by atoms with Crippen LogP contribution in [0.25, 0.3) is 0 Å². The molecule has 0 spiro atoms. The van der Waals surface area contributed by atoms with Crippen molar-refractivity contribution >= 4 is 11.8 Å². The summed E-state index contributed by atoms with van der Waals surface area (Å²) in [6, 6.07) is 21.7. The SMILES string of the molecule is CCc1ccc(COC(=O)C2=C(C)CC(=C=C3CC(C)=C(C(=O)CCc4ccc(C[n+]5c(C)cc(Cc6cc(C)[n+](C)c(C)c6C)c(C)c5C)cc4)C3)C2)cc1. The Morgan fingerprint density at radius 3 is 1.84 bits per heavy atom. The zero-order valence-corrected chi connectivity index (χ0v) is 35.5. The van der Waals surface area contributed by atoms with Gasteiger partial charge < -0.3 is 4.74 Å². The van der Waals surface area contributed by atoms with Crippen molar-refractivity contribution in [2.24, 2.45) is 7.05 Å². The highest BCUT2D eigenvalue weighted by atomic mass is 16.5. The van der Waals surface area contributed by atoms with Crippen LogP contribution in [-0.2, 0) is 53.8 Å². The van der Waals surface area contributed by atoms with Gasteiger partial charge in [-0.15, -0.1) is 5.73 Å². The Kier molecular flexibility index (Phi) is 12.6. The minimum Gasteiger partial charge on any atom is -0.457 e. The van der Waals surface area contributed by atoms with E-state index in [-0.39, 0.29) is 18.4 Å². The summed E-state index contributed by atoms with van der Waals surface area (Å²) in [7, 11) is 2.14. The third-order valence-corrected chi connectivity index (χ3v) is 12.6. The lowest BCUT2D eigenvalue weighted by Crippen LogP contribution is -2.42. The van der Waals surface area contributed by atoms with Crippen LogP contribution in [0.15, 0.2) is 99.8 Å². The lowest BCUT2D eigenvalue weighted by molar-refractivity contribution is -0.700. The van der Waals surface area contributed by atoms with E-state index in [9.17, 15) is 9.59 Å². The van der Waals surface area contributed by atoms with Crippen LogP contribution in [0.5, 0.6) is 0 Å². The number of Topliss-reactive ketones (excluding diaryl/α,β-unsaturated/α-hetero) is 1. The number of benzene rings is 2. The van der Waals surface area contributed by atoms with E-state index in [0.717, 1.165) is 77.7 Å². The molecule has 4 aromatic rings. The molecule has 0 bridgehead atoms. The maximum atomic E-state index is 13.5. The van der Waals surface area contributed by atoms with Crippen molar-refractivity contribution in [1.29, 1.82) is 0 Å². The summed E-state index contributed by atoms with van der Waals surface area (Å²) in [4.78, 5) is 26.4. The first-order valence-corrected chi connectivity index (χ1v) is 20.4. The fraction of sp³-hybridized carbons (Fsp3) is 0.392. The molecule has 0 unspecified atom stereocenters. The summed E-state index contributed by atoms with van der Waals surface area (Å²) in [6.07, 6.45) is 5.86. The molecule has 5 nitrogen and oxygen atoms in total. The smallest absolute Gasteiger partial charge is 0.334 e. The number of carbonyl (C=O) groups excluding carboxylic acids is 2. The molecule has 2 aliphatic rings. The molecule has 0 saturated carbocycles. The molecule has 0 N–H and O–H groups in total. The quantitative estimate of drug-likeness (QED) is 0.0824. The van der Waals surface area contributed by atoms with Gasteiger partial charge in [0.15, 0.2) is 35.1 Å². The topological polar surface area (TPSA) is 51.1 Å². The number of esters is 1. The lowest BCUT2D eigenvalue weighted by atomic mass is 9.95. The Morgan fingerprint density at radius 1 is 0.661 bits per heavy atom. The molecule has 0 amide bonds. The fourth-order valence-corrected chi connectivity index (χ4v) is 8.39. The number of ether oxygens (including phenoxy) is 1. The van der Waals surface area contributed by atoms with Crippen LogP contribution in [0.4, 0.5) is 0 Å². The first-order chi connectivity index (χ1) is 26.7. The molecular weight excluding hydrogens is 689 g/mol. The van der Waals surface area contributed by atoms with Crippen LogP contribution >= 0.6 is 0 Å². The van der Waals surface area contributed by atoms with E-state index >= 15 is 0 Å². The van der Waals surface area contributed by atoms with Gasteiger partial charge in [0, 0.05) is 81.4 Å². The van der Waals surface area contributed by atoms with Crippen molar-refractivity contribution in [3.05, 3.63) is 167 Å². The lowest BCUT2D eigenvalue weighted by Gasteiger charge is -2.14. The predicted molar refractivity (Wildman–Crippen MR) is 224 cm³/mol. The second-order valence-corrected chi connectivity index (χ2v) is 16.4. The first-order valence-electron chi connectivity index (χ1n) is 20.4. The minimum atomic E-state index is -0.240. The first kappa shape index (κ1) is 40.5. The number of carbonyl (C=O) groups is 2. The van der Waals surface area contributed by atoms with Crippen molar-refractivity contribution in [3.63, 3.8) is 0 Å². The van der Waals surface area contributed by atoms with Crippen LogP contribution in [0.3, 0.4) is 0 Å². The highest BCUT2D eigenvalue weighted by Crippen LogP contribution is 2.35. The summed E-state index contributed by atoms with van der Waals surface area (Å²) >= 11 is 0. The van der Waals surface area contributed by atoms with Crippen molar-refractivity contribution < 1.29 is 23.5 Å². The number of rotatable bonds is 12. The van der Waals surface area contributed by atoms with E-state index in [1.807, 2.05) is 19.1 Å². The highest BCUT2D eigenvalue weighted by Gasteiger charge is 2.26. The van der Waals surface area contributed by atoms with Gasteiger partial charge in [-0.25, -0.2) is 9.36 Å². The second kappa shape index (κ2) is 17.3. The van der Waals surface area contributed by atoms with Crippen LogP contribution in [-0.4, -0.2) is 11.8 Å². The zero-order valence-electron chi connectivity index (χ0n) is 35.5. The van der Waals surface area contributed by atoms with Crippen molar-refractivity contribution in [2.75, 3.05) is 0 Å². The predicted octanol–water partition coefficient (Wildman–Crippen LogP) is 9.77. The highest BCUT2D eigenvalue weighted by molar-refractivity contribution is 5.97. The van der Waals surface area contributed by atoms with Gasteiger partial charge in [-0.05, 0) is 104 Å². The molecule has 6 rings (SSSR count). The molecule has 2 heterocycles. The van der Waals surface area contributed by atoms with E-state index < -0.39 is 0 Å². The summed E-state index contributed by atoms with van der Waals surface area (Å²) < 4.78 is 10.4. The molecule has 0 aliphatic heterocycles. The van der Waals surface area contributed by atoms with E-state index in [1.165, 1.54) is 61.7 Å². The van der Waals surface area contributed by atoms with Gasteiger partial charge in [0.25, 0.3) is 0 Å². The Hall–Kier alpha value is -5.12. The van der Waals surface area contributed by atoms with Gasteiger partial charge in [0.2, 0.25) is 0 Å². The Labute approximate surface area is 335 Å². The Morgan fingerprint density at radius 2 is 1.20 bits per heavy atom. The molecule has 56 heavy (non-hydrogen) atoms. The summed E-state index contributed by atoms with van der Waals surface area (Å²) in [6.45, 7) is 20.7. The number of ketones is 1. The summed E-state index contributed by atoms with van der Waals surface area (Å²) in [5.74, 6) is -0.0111. The van der Waals surface area contributed by atoms with Crippen LogP contribution in [0, 0.1) is 41.5 Å². The van der Waals surface area contributed by atoms with E-state index in [0.29, 0.717) is 19.3 Å². The third-order valence-electron chi connectivity index (χ3n) is 12.6. The van der Waals surface area contributed by atoms with Gasteiger partial charge in [-0.3, -0.25) is 4.79 Å². The van der Waals surface area contributed by atoms with Crippen molar-refractivity contribution in [3.8, 4) is 0 Å². The number of pyridine rings is 2. The maximum Gasteiger partial charge on any atom is 0.334 e. The summed E-state index contributed by atoms with van der Waals surface area (Å²) in [5.41, 5.74) is 25.1. The number of aryl methyl sites for hydroxylation is 4. The monoisotopic (exact) mass is 748 g/mol. The molecule has 290 valence electrons. The molecule has 0 fully saturated rings. The van der Waals surface area contributed by atoms with E-state index in [1.54, 1.807) is 0 Å². The van der Waals surface area contributed by atoms with Gasteiger partial charge >= 0.3 is 5.97 Å². The fourth-order valence-electron chi connectivity index (χ4n) is 8.39. The molecule has 0 radical (unpaired) electrons. The van der Waals surface area contributed by atoms with Crippen LogP contribution in [0.2, 0.25) is 0 Å². The molecule has 2 aromatic heterocycles. The zero-order chi connectivity index (χ0) is 40.3. The number of aromatic nitrogens is 2. The average molecular weight is 749 g/mol. The van der Waals surface area contributed by atoms with Crippen molar-refractivity contribution in [1.82, 2.24) is 0 Å². The number of hydrogen-bond acceptors (Lipinski definition) is 3. The molecule has 2 aliphatic carbocycles. The molecule has 0 atom stereocenters.